The third kappa shape index (κ3) is 3.20. The minimum Gasteiger partial charge on any atom is -0.312 e. The number of nitrogens with zero attached hydrogens (tertiary/aromatic N) is 2. The molecular weight excluding hydrogens is 318 g/mol. The van der Waals surface area contributed by atoms with Crippen molar-refractivity contribution in [2.24, 2.45) is 11.3 Å². The molecule has 0 fully saturated rings. The number of hydrogen-bond donors (Lipinski definition) is 1. The lowest BCUT2D eigenvalue weighted by Crippen LogP contribution is -2.26. The number of amides is 1. The predicted octanol–water partition coefficient (Wildman–Crippen LogP) is 4.42. The van der Waals surface area contributed by atoms with Gasteiger partial charge in [0.25, 0.3) is 5.91 Å². The molecular formula is C19H21N3OS. The van der Waals surface area contributed by atoms with Crippen LogP contribution in [-0.4, -0.2) is 10.9 Å². The van der Waals surface area contributed by atoms with Crippen LogP contribution in [0.2, 0.25) is 0 Å². The zero-order valence-electron chi connectivity index (χ0n) is 14.2. The molecule has 0 aromatic carbocycles. The van der Waals surface area contributed by atoms with Crippen LogP contribution >= 0.6 is 11.3 Å². The summed E-state index contributed by atoms with van der Waals surface area (Å²) in [5.41, 5.74) is 2.53. The molecule has 1 N–H and O–H groups in total. The Morgan fingerprint density at radius 1 is 1.46 bits per heavy atom. The predicted molar refractivity (Wildman–Crippen MR) is 96.2 cm³/mol. The quantitative estimate of drug-likeness (QED) is 0.881. The normalized spacial score (nSPS) is 17.0. The zero-order valence-corrected chi connectivity index (χ0v) is 15.0. The number of aromatic nitrogens is 1. The standard InChI is InChI=1S/C19H21N3OS/c1-19(2,3)13-6-7-14-15(10-20)18(24-16(14)9-13)22-17(23)12-5-4-8-21-11-12/h4-5,8,11,13H,6-7,9H2,1-3H3,(H,22,23)/t13-/m1/s1. The molecule has 0 saturated heterocycles. The second-order valence-corrected chi connectivity index (χ2v) is 8.43. The van der Waals surface area contributed by atoms with Crippen molar-refractivity contribution in [3.05, 3.63) is 46.1 Å². The van der Waals surface area contributed by atoms with E-state index in [9.17, 15) is 10.1 Å². The first kappa shape index (κ1) is 16.7. The molecule has 2 aromatic heterocycles. The Kier molecular flexibility index (Phi) is 4.42. The first-order valence-corrected chi connectivity index (χ1v) is 8.98. The molecule has 0 unspecified atom stereocenters. The Hall–Kier alpha value is -2.19. The molecule has 24 heavy (non-hydrogen) atoms. The summed E-state index contributed by atoms with van der Waals surface area (Å²) in [7, 11) is 0. The van der Waals surface area contributed by atoms with Crippen molar-refractivity contribution in [3.63, 3.8) is 0 Å². The minimum atomic E-state index is -0.217. The van der Waals surface area contributed by atoms with E-state index in [4.69, 9.17) is 0 Å². The van der Waals surface area contributed by atoms with Crippen molar-refractivity contribution in [3.8, 4) is 6.07 Å². The van der Waals surface area contributed by atoms with Gasteiger partial charge in [-0.1, -0.05) is 20.8 Å². The van der Waals surface area contributed by atoms with E-state index in [0.29, 0.717) is 22.0 Å². The third-order valence-corrected chi connectivity index (χ3v) is 5.92. The molecule has 0 bridgehead atoms. The lowest BCUT2D eigenvalue weighted by molar-refractivity contribution is 0.102. The van der Waals surface area contributed by atoms with E-state index >= 15 is 0 Å². The number of fused-ring (bicyclic) bond motifs is 1. The van der Waals surface area contributed by atoms with Gasteiger partial charge in [-0.25, -0.2) is 0 Å². The Morgan fingerprint density at radius 2 is 2.25 bits per heavy atom. The van der Waals surface area contributed by atoms with Gasteiger partial charge in [0.05, 0.1) is 11.1 Å². The number of pyridine rings is 1. The van der Waals surface area contributed by atoms with Crippen molar-refractivity contribution in [1.29, 1.82) is 5.26 Å². The maximum absolute atomic E-state index is 12.4. The summed E-state index contributed by atoms with van der Waals surface area (Å²) in [6.45, 7) is 6.81. The van der Waals surface area contributed by atoms with Crippen molar-refractivity contribution in [1.82, 2.24) is 4.98 Å². The Balaban J connectivity index is 1.87. The van der Waals surface area contributed by atoms with Crippen molar-refractivity contribution >= 4 is 22.2 Å². The molecule has 2 aromatic rings. The highest BCUT2D eigenvalue weighted by Gasteiger charge is 2.32. The maximum Gasteiger partial charge on any atom is 0.257 e. The van der Waals surface area contributed by atoms with Crippen LogP contribution < -0.4 is 5.32 Å². The van der Waals surface area contributed by atoms with Gasteiger partial charge in [-0.15, -0.1) is 11.3 Å². The van der Waals surface area contributed by atoms with Gasteiger partial charge >= 0.3 is 0 Å². The fourth-order valence-corrected chi connectivity index (χ4v) is 4.48. The minimum absolute atomic E-state index is 0.217. The van der Waals surface area contributed by atoms with E-state index in [0.717, 1.165) is 24.8 Å². The smallest absolute Gasteiger partial charge is 0.257 e. The Bertz CT molecular complexity index is 796. The summed E-state index contributed by atoms with van der Waals surface area (Å²) in [6, 6.07) is 5.74. The van der Waals surface area contributed by atoms with E-state index < -0.39 is 0 Å². The van der Waals surface area contributed by atoms with Crippen LogP contribution in [0.25, 0.3) is 0 Å². The van der Waals surface area contributed by atoms with E-state index in [1.807, 2.05) is 0 Å². The second kappa shape index (κ2) is 6.37. The molecule has 124 valence electrons. The maximum atomic E-state index is 12.4. The molecule has 0 spiro atoms. The number of nitrogens with one attached hydrogen (secondary N) is 1. The first-order valence-electron chi connectivity index (χ1n) is 8.16. The largest absolute Gasteiger partial charge is 0.312 e. The molecule has 1 aliphatic carbocycles. The van der Waals surface area contributed by atoms with Crippen LogP contribution in [0.4, 0.5) is 5.00 Å². The summed E-state index contributed by atoms with van der Waals surface area (Å²) >= 11 is 1.55. The summed E-state index contributed by atoms with van der Waals surface area (Å²) in [5.74, 6) is 0.391. The molecule has 1 amide bonds. The van der Waals surface area contributed by atoms with Crippen molar-refractivity contribution in [2.75, 3.05) is 5.32 Å². The van der Waals surface area contributed by atoms with Crippen LogP contribution in [0, 0.1) is 22.7 Å². The lowest BCUT2D eigenvalue weighted by atomic mass is 9.72. The van der Waals surface area contributed by atoms with E-state index in [2.05, 4.69) is 37.1 Å². The number of rotatable bonds is 2. The first-order chi connectivity index (χ1) is 11.4. The molecule has 3 rings (SSSR count). The van der Waals surface area contributed by atoms with Gasteiger partial charge in [-0.3, -0.25) is 9.78 Å². The number of carbonyl (C=O) groups is 1. The fraction of sp³-hybridized carbons (Fsp3) is 0.421. The molecule has 0 saturated carbocycles. The highest BCUT2D eigenvalue weighted by atomic mass is 32.1. The molecule has 4 nitrogen and oxygen atoms in total. The summed E-state index contributed by atoms with van der Waals surface area (Å²) in [4.78, 5) is 17.6. The number of nitriles is 1. The van der Waals surface area contributed by atoms with Gasteiger partial charge < -0.3 is 5.32 Å². The van der Waals surface area contributed by atoms with E-state index in [1.54, 1.807) is 29.7 Å². The number of hydrogen-bond acceptors (Lipinski definition) is 4. The average molecular weight is 339 g/mol. The molecule has 1 atom stereocenters. The van der Waals surface area contributed by atoms with Crippen LogP contribution in [0.1, 0.15) is 53.6 Å². The van der Waals surface area contributed by atoms with E-state index in [1.165, 1.54) is 11.1 Å². The summed E-state index contributed by atoms with van der Waals surface area (Å²) in [5, 5.41) is 13.1. The number of thiophene rings is 1. The van der Waals surface area contributed by atoms with Gasteiger partial charge in [-0.2, -0.15) is 5.26 Å². The zero-order chi connectivity index (χ0) is 17.3. The summed E-state index contributed by atoms with van der Waals surface area (Å²) in [6.07, 6.45) is 6.16. The second-order valence-electron chi connectivity index (χ2n) is 7.32. The Morgan fingerprint density at radius 3 is 2.88 bits per heavy atom. The molecule has 0 radical (unpaired) electrons. The summed E-state index contributed by atoms with van der Waals surface area (Å²) < 4.78 is 0. The van der Waals surface area contributed by atoms with Gasteiger partial charge in [0, 0.05) is 17.3 Å². The van der Waals surface area contributed by atoms with Crippen LogP contribution in [0.5, 0.6) is 0 Å². The molecule has 0 aliphatic heterocycles. The monoisotopic (exact) mass is 339 g/mol. The van der Waals surface area contributed by atoms with Crippen molar-refractivity contribution < 1.29 is 4.79 Å². The number of carbonyl (C=O) groups excluding carboxylic acids is 1. The van der Waals surface area contributed by atoms with Gasteiger partial charge in [0.1, 0.15) is 11.1 Å². The SMILES string of the molecule is CC(C)(C)[C@@H]1CCc2c(sc(NC(=O)c3cccnc3)c2C#N)C1. The van der Waals surface area contributed by atoms with Crippen LogP contribution in [0.3, 0.4) is 0 Å². The third-order valence-electron chi connectivity index (χ3n) is 4.75. The molecule has 2 heterocycles. The number of anilines is 1. The molecule has 5 heteroatoms. The van der Waals surface area contributed by atoms with Gasteiger partial charge in [0.2, 0.25) is 0 Å². The lowest BCUT2D eigenvalue weighted by Gasteiger charge is -2.33. The topological polar surface area (TPSA) is 65.8 Å². The molecule has 1 aliphatic rings. The van der Waals surface area contributed by atoms with E-state index in [-0.39, 0.29) is 11.3 Å². The average Bonchev–Trinajstić information content (AvgIpc) is 2.90. The van der Waals surface area contributed by atoms with Crippen LogP contribution in [-0.2, 0) is 12.8 Å². The van der Waals surface area contributed by atoms with Crippen molar-refractivity contribution in [2.45, 2.75) is 40.0 Å². The highest BCUT2D eigenvalue weighted by Crippen LogP contribution is 2.44. The Labute approximate surface area is 146 Å². The highest BCUT2D eigenvalue weighted by molar-refractivity contribution is 7.16. The fourth-order valence-electron chi connectivity index (χ4n) is 3.20. The van der Waals surface area contributed by atoms with Gasteiger partial charge in [-0.05, 0) is 48.3 Å². The van der Waals surface area contributed by atoms with Crippen LogP contribution in [0.15, 0.2) is 24.5 Å². The van der Waals surface area contributed by atoms with Gasteiger partial charge in [0.15, 0.2) is 0 Å².